The molecule has 1 aromatic rings. The van der Waals surface area contributed by atoms with E-state index in [1.54, 1.807) is 0 Å². The van der Waals surface area contributed by atoms with E-state index in [0.717, 1.165) is 17.7 Å². The number of hydrogen-bond donors (Lipinski definition) is 1. The summed E-state index contributed by atoms with van der Waals surface area (Å²) in [5, 5.41) is 2.89. The number of benzene rings is 1. The molecule has 1 aliphatic rings. The predicted molar refractivity (Wildman–Crippen MR) is 68.7 cm³/mol. The van der Waals surface area contributed by atoms with E-state index in [1.165, 1.54) is 0 Å². The maximum Gasteiger partial charge on any atom is 0.408 e. The number of hydrogen-bond acceptors (Lipinski definition) is 3. The molecule has 1 N–H and O–H groups in total. The number of nitrogens with one attached hydrogen (secondary N) is 1. The molecule has 0 radical (unpaired) electrons. The van der Waals surface area contributed by atoms with Gasteiger partial charge in [0.1, 0.15) is 11.4 Å². The summed E-state index contributed by atoms with van der Waals surface area (Å²) in [6.45, 7) is 6.16. The van der Waals surface area contributed by atoms with Crippen LogP contribution >= 0.6 is 0 Å². The van der Waals surface area contributed by atoms with Gasteiger partial charge in [-0.25, -0.2) is 4.79 Å². The highest BCUT2D eigenvalue weighted by atomic mass is 16.6. The first-order valence-electron chi connectivity index (χ1n) is 6.17. The quantitative estimate of drug-likeness (QED) is 0.832. The van der Waals surface area contributed by atoms with Crippen LogP contribution in [0.2, 0.25) is 0 Å². The van der Waals surface area contributed by atoms with Crippen LogP contribution in [0, 0.1) is 0 Å². The third kappa shape index (κ3) is 3.15. The van der Waals surface area contributed by atoms with Gasteiger partial charge in [0.05, 0.1) is 12.6 Å². The molecule has 0 spiro atoms. The second kappa shape index (κ2) is 4.88. The number of alkyl carbamates (subject to hydrolysis) is 1. The molecule has 1 atom stereocenters. The van der Waals surface area contributed by atoms with Crippen LogP contribution in [-0.4, -0.2) is 18.3 Å². The third-order valence-corrected chi connectivity index (χ3v) is 2.65. The van der Waals surface area contributed by atoms with Crippen molar-refractivity contribution in [3.63, 3.8) is 0 Å². The molecule has 98 valence electrons. The zero-order valence-corrected chi connectivity index (χ0v) is 11.0. The SMILES string of the molecule is CC(C)(C)OC(=O)N[C@H]1CCOc2ccccc21. The monoisotopic (exact) mass is 249 g/mol. The molecule has 2 rings (SSSR count). The van der Waals surface area contributed by atoms with E-state index in [9.17, 15) is 4.79 Å². The lowest BCUT2D eigenvalue weighted by Crippen LogP contribution is -2.36. The van der Waals surface area contributed by atoms with Crippen LogP contribution in [0.1, 0.15) is 38.8 Å². The fourth-order valence-electron chi connectivity index (χ4n) is 1.94. The lowest BCUT2D eigenvalue weighted by molar-refractivity contribution is 0.0491. The number of fused-ring (bicyclic) bond motifs is 1. The first-order chi connectivity index (χ1) is 8.46. The summed E-state index contributed by atoms with van der Waals surface area (Å²) in [6, 6.07) is 7.71. The van der Waals surface area contributed by atoms with Gasteiger partial charge in [-0.15, -0.1) is 0 Å². The maximum atomic E-state index is 11.8. The van der Waals surface area contributed by atoms with Crippen LogP contribution in [0.25, 0.3) is 0 Å². The van der Waals surface area contributed by atoms with Crippen LogP contribution in [0.15, 0.2) is 24.3 Å². The Morgan fingerprint density at radius 3 is 2.83 bits per heavy atom. The minimum atomic E-state index is -0.477. The smallest absolute Gasteiger partial charge is 0.408 e. The molecular weight excluding hydrogens is 230 g/mol. The second-order valence-electron chi connectivity index (χ2n) is 5.37. The average Bonchev–Trinajstić information content (AvgIpc) is 2.27. The first kappa shape index (κ1) is 12.7. The zero-order valence-electron chi connectivity index (χ0n) is 11.0. The molecule has 0 saturated heterocycles. The minimum Gasteiger partial charge on any atom is -0.493 e. The van der Waals surface area contributed by atoms with Crippen molar-refractivity contribution in [3.05, 3.63) is 29.8 Å². The molecule has 1 aliphatic heterocycles. The van der Waals surface area contributed by atoms with Gasteiger partial charge in [-0.2, -0.15) is 0 Å². The van der Waals surface area contributed by atoms with E-state index in [1.807, 2.05) is 45.0 Å². The highest BCUT2D eigenvalue weighted by Crippen LogP contribution is 2.31. The Balaban J connectivity index is 2.05. The van der Waals surface area contributed by atoms with Gasteiger partial charge in [-0.3, -0.25) is 0 Å². The normalized spacial score (nSPS) is 18.5. The summed E-state index contributed by atoms with van der Waals surface area (Å²) in [4.78, 5) is 11.8. The molecule has 4 heteroatoms. The van der Waals surface area contributed by atoms with E-state index in [2.05, 4.69) is 5.32 Å². The summed E-state index contributed by atoms with van der Waals surface area (Å²) >= 11 is 0. The third-order valence-electron chi connectivity index (χ3n) is 2.65. The Hall–Kier alpha value is -1.71. The number of carbonyl (C=O) groups excluding carboxylic acids is 1. The van der Waals surface area contributed by atoms with E-state index in [-0.39, 0.29) is 12.1 Å². The van der Waals surface area contributed by atoms with Crippen LogP contribution in [0.4, 0.5) is 4.79 Å². The molecule has 0 bridgehead atoms. The molecule has 0 saturated carbocycles. The topological polar surface area (TPSA) is 47.6 Å². The average molecular weight is 249 g/mol. The summed E-state index contributed by atoms with van der Waals surface area (Å²) in [7, 11) is 0. The van der Waals surface area contributed by atoms with Crippen molar-refractivity contribution >= 4 is 6.09 Å². The van der Waals surface area contributed by atoms with Gasteiger partial charge in [0.2, 0.25) is 0 Å². The Morgan fingerprint density at radius 2 is 2.11 bits per heavy atom. The van der Waals surface area contributed by atoms with Crippen molar-refractivity contribution in [3.8, 4) is 5.75 Å². The van der Waals surface area contributed by atoms with Crippen molar-refractivity contribution in [1.29, 1.82) is 0 Å². The van der Waals surface area contributed by atoms with Gasteiger partial charge in [-0.1, -0.05) is 18.2 Å². The molecule has 0 aliphatic carbocycles. The lowest BCUT2D eigenvalue weighted by Gasteiger charge is -2.28. The van der Waals surface area contributed by atoms with Crippen LogP contribution in [0.3, 0.4) is 0 Å². The van der Waals surface area contributed by atoms with Gasteiger partial charge in [0.15, 0.2) is 0 Å². The van der Waals surface area contributed by atoms with Crippen LogP contribution in [0.5, 0.6) is 5.75 Å². The summed E-state index contributed by atoms with van der Waals surface area (Å²) in [5.41, 5.74) is 0.531. The molecule has 1 amide bonds. The highest BCUT2D eigenvalue weighted by Gasteiger charge is 2.25. The summed E-state index contributed by atoms with van der Waals surface area (Å²) < 4.78 is 10.8. The van der Waals surface area contributed by atoms with Crippen molar-refractivity contribution in [2.24, 2.45) is 0 Å². The highest BCUT2D eigenvalue weighted by molar-refractivity contribution is 5.68. The Morgan fingerprint density at radius 1 is 1.39 bits per heavy atom. The molecule has 0 aromatic heterocycles. The van der Waals surface area contributed by atoms with Gasteiger partial charge < -0.3 is 14.8 Å². The zero-order chi connectivity index (χ0) is 13.2. The fraction of sp³-hybridized carbons (Fsp3) is 0.500. The largest absolute Gasteiger partial charge is 0.493 e. The number of rotatable bonds is 1. The Bertz CT molecular complexity index is 437. The van der Waals surface area contributed by atoms with Crippen molar-refractivity contribution in [2.75, 3.05) is 6.61 Å². The molecule has 18 heavy (non-hydrogen) atoms. The predicted octanol–water partition coefficient (Wildman–Crippen LogP) is 3.03. The number of carbonyl (C=O) groups is 1. The van der Waals surface area contributed by atoms with Crippen molar-refractivity contribution in [2.45, 2.75) is 38.8 Å². The summed E-state index contributed by atoms with van der Waals surface area (Å²) in [5.74, 6) is 0.838. The standard InChI is InChI=1S/C14H19NO3/c1-14(2,3)18-13(16)15-11-8-9-17-12-7-5-4-6-10(11)12/h4-7,11H,8-9H2,1-3H3,(H,15,16)/t11-/m0/s1. The van der Waals surface area contributed by atoms with E-state index in [0.29, 0.717) is 6.61 Å². The van der Waals surface area contributed by atoms with Crippen LogP contribution < -0.4 is 10.1 Å². The molecule has 1 heterocycles. The Labute approximate surface area is 107 Å². The molecular formula is C14H19NO3. The van der Waals surface area contributed by atoms with Crippen LogP contribution in [-0.2, 0) is 4.74 Å². The second-order valence-corrected chi connectivity index (χ2v) is 5.37. The van der Waals surface area contributed by atoms with Gasteiger partial charge in [0, 0.05) is 12.0 Å². The number of ether oxygens (including phenoxy) is 2. The maximum absolute atomic E-state index is 11.8. The van der Waals surface area contributed by atoms with Gasteiger partial charge >= 0.3 is 6.09 Å². The number of amides is 1. The minimum absolute atomic E-state index is 0.0372. The molecule has 1 aromatic carbocycles. The fourth-order valence-corrected chi connectivity index (χ4v) is 1.94. The Kier molecular flexibility index (Phi) is 3.45. The van der Waals surface area contributed by atoms with Gasteiger partial charge in [0.25, 0.3) is 0 Å². The first-order valence-corrected chi connectivity index (χ1v) is 6.17. The lowest BCUT2D eigenvalue weighted by atomic mass is 10.0. The molecule has 4 nitrogen and oxygen atoms in total. The van der Waals surface area contributed by atoms with Crippen molar-refractivity contribution in [1.82, 2.24) is 5.32 Å². The number of para-hydroxylation sites is 1. The van der Waals surface area contributed by atoms with Crippen molar-refractivity contribution < 1.29 is 14.3 Å². The molecule has 0 fully saturated rings. The van der Waals surface area contributed by atoms with E-state index in [4.69, 9.17) is 9.47 Å². The molecule has 0 unspecified atom stereocenters. The van der Waals surface area contributed by atoms with Gasteiger partial charge in [-0.05, 0) is 26.8 Å². The van der Waals surface area contributed by atoms with E-state index < -0.39 is 5.60 Å². The summed E-state index contributed by atoms with van der Waals surface area (Å²) in [6.07, 6.45) is 0.375. The van der Waals surface area contributed by atoms with E-state index >= 15 is 0 Å².